The van der Waals surface area contributed by atoms with Crippen LogP contribution in [-0.2, 0) is 11.3 Å². The molecule has 134 valence electrons. The fourth-order valence-corrected chi connectivity index (χ4v) is 4.01. The van der Waals surface area contributed by atoms with Gasteiger partial charge >= 0.3 is 0 Å². The average Bonchev–Trinajstić information content (AvgIpc) is 2.96. The summed E-state index contributed by atoms with van der Waals surface area (Å²) in [5.74, 6) is -0.0770. The topological polar surface area (TPSA) is 44.7 Å². The normalized spacial score (nSPS) is 19.5. The van der Waals surface area contributed by atoms with E-state index in [1.54, 1.807) is 0 Å². The van der Waals surface area contributed by atoms with E-state index in [1.807, 2.05) is 42.5 Å². The minimum Gasteiger partial charge on any atom is -0.326 e. The lowest BCUT2D eigenvalue weighted by Crippen LogP contribution is -2.50. The SMILES string of the molecule is O=C1NC2(CCN(Cc3ccccc3Cl)CC2)N=C1c1ccc(Br)cc1. The van der Waals surface area contributed by atoms with Crippen molar-refractivity contribution < 1.29 is 4.79 Å². The van der Waals surface area contributed by atoms with Crippen LogP contribution in [0.15, 0.2) is 58.0 Å². The van der Waals surface area contributed by atoms with Crippen LogP contribution in [0.1, 0.15) is 24.0 Å². The Hall–Kier alpha value is -1.69. The lowest BCUT2D eigenvalue weighted by molar-refractivity contribution is -0.115. The van der Waals surface area contributed by atoms with E-state index in [0.29, 0.717) is 5.71 Å². The third kappa shape index (κ3) is 3.56. The quantitative estimate of drug-likeness (QED) is 0.796. The van der Waals surface area contributed by atoms with Gasteiger partial charge in [-0.2, -0.15) is 0 Å². The summed E-state index contributed by atoms with van der Waals surface area (Å²) in [7, 11) is 0. The van der Waals surface area contributed by atoms with E-state index in [-0.39, 0.29) is 5.91 Å². The second-order valence-corrected chi connectivity index (χ2v) is 8.14. The first-order valence-electron chi connectivity index (χ1n) is 8.69. The maximum atomic E-state index is 12.5. The van der Waals surface area contributed by atoms with Crippen LogP contribution in [0.5, 0.6) is 0 Å². The maximum Gasteiger partial charge on any atom is 0.272 e. The van der Waals surface area contributed by atoms with E-state index >= 15 is 0 Å². The number of aliphatic imine (C=N–C) groups is 1. The highest BCUT2D eigenvalue weighted by atomic mass is 79.9. The molecule has 2 aliphatic heterocycles. The van der Waals surface area contributed by atoms with Crippen molar-refractivity contribution in [2.24, 2.45) is 4.99 Å². The molecule has 6 heteroatoms. The Balaban J connectivity index is 1.46. The predicted octanol–water partition coefficient (Wildman–Crippen LogP) is 4.01. The third-order valence-electron chi connectivity index (χ3n) is 5.04. The van der Waals surface area contributed by atoms with Crippen LogP contribution in [0.4, 0.5) is 0 Å². The number of piperidine rings is 1. The van der Waals surface area contributed by atoms with Gasteiger partial charge in [0.25, 0.3) is 5.91 Å². The Morgan fingerprint density at radius 2 is 1.81 bits per heavy atom. The van der Waals surface area contributed by atoms with Gasteiger partial charge < -0.3 is 5.32 Å². The number of halogens is 2. The van der Waals surface area contributed by atoms with Crippen LogP contribution < -0.4 is 5.32 Å². The van der Waals surface area contributed by atoms with E-state index in [9.17, 15) is 4.79 Å². The van der Waals surface area contributed by atoms with Gasteiger partial charge in [-0.05, 0) is 23.8 Å². The van der Waals surface area contributed by atoms with Gasteiger partial charge in [-0.25, -0.2) is 0 Å². The molecule has 2 aromatic rings. The number of amides is 1. The molecule has 4 nitrogen and oxygen atoms in total. The summed E-state index contributed by atoms with van der Waals surface area (Å²) in [5.41, 5.74) is 2.08. The molecule has 2 aromatic carbocycles. The summed E-state index contributed by atoms with van der Waals surface area (Å²) in [4.78, 5) is 19.6. The molecular formula is C20H19BrClN3O. The van der Waals surface area contributed by atoms with Gasteiger partial charge in [-0.3, -0.25) is 14.7 Å². The number of hydrogen-bond acceptors (Lipinski definition) is 3. The lowest BCUT2D eigenvalue weighted by Gasteiger charge is -2.37. The van der Waals surface area contributed by atoms with Crippen LogP contribution in [-0.4, -0.2) is 35.3 Å². The zero-order chi connectivity index (χ0) is 18.1. The highest BCUT2D eigenvalue weighted by molar-refractivity contribution is 9.10. The average molecular weight is 433 g/mol. The first kappa shape index (κ1) is 17.7. The summed E-state index contributed by atoms with van der Waals surface area (Å²) >= 11 is 9.70. The summed E-state index contributed by atoms with van der Waals surface area (Å²) < 4.78 is 0.989. The van der Waals surface area contributed by atoms with Crippen molar-refractivity contribution in [3.05, 3.63) is 69.2 Å². The van der Waals surface area contributed by atoms with Crippen molar-refractivity contribution in [3.63, 3.8) is 0 Å². The minimum atomic E-state index is -0.462. The van der Waals surface area contributed by atoms with Crippen molar-refractivity contribution in [2.75, 3.05) is 13.1 Å². The number of nitrogens with zero attached hydrogens (tertiary/aromatic N) is 2. The molecule has 0 saturated carbocycles. The van der Waals surface area contributed by atoms with Gasteiger partial charge in [-0.15, -0.1) is 0 Å². The first-order chi connectivity index (χ1) is 12.5. The van der Waals surface area contributed by atoms with Crippen molar-refractivity contribution >= 4 is 39.1 Å². The fourth-order valence-electron chi connectivity index (χ4n) is 3.55. The smallest absolute Gasteiger partial charge is 0.272 e. The minimum absolute atomic E-state index is 0.0770. The second kappa shape index (κ2) is 7.14. The first-order valence-corrected chi connectivity index (χ1v) is 9.86. The molecule has 0 aromatic heterocycles. The van der Waals surface area contributed by atoms with E-state index in [2.05, 4.69) is 32.2 Å². The zero-order valence-corrected chi connectivity index (χ0v) is 16.6. The van der Waals surface area contributed by atoms with Crippen molar-refractivity contribution in [3.8, 4) is 0 Å². The van der Waals surface area contributed by atoms with E-state index in [4.69, 9.17) is 16.6 Å². The molecule has 1 fully saturated rings. The number of hydrogen-bond donors (Lipinski definition) is 1. The summed E-state index contributed by atoms with van der Waals surface area (Å²) in [6, 6.07) is 15.7. The molecule has 2 heterocycles. The highest BCUT2D eigenvalue weighted by Crippen LogP contribution is 2.30. The van der Waals surface area contributed by atoms with E-state index in [1.165, 1.54) is 0 Å². The van der Waals surface area contributed by atoms with Gasteiger partial charge in [0.15, 0.2) is 0 Å². The zero-order valence-electron chi connectivity index (χ0n) is 14.2. The molecule has 1 N–H and O–H groups in total. The highest BCUT2D eigenvalue weighted by Gasteiger charge is 2.42. The van der Waals surface area contributed by atoms with Gasteiger partial charge in [0.1, 0.15) is 11.4 Å². The molecule has 1 saturated heterocycles. The second-order valence-electron chi connectivity index (χ2n) is 6.82. The number of likely N-dealkylation sites (tertiary alicyclic amines) is 1. The van der Waals surface area contributed by atoms with Crippen molar-refractivity contribution in [1.29, 1.82) is 0 Å². The number of carbonyl (C=O) groups is 1. The van der Waals surface area contributed by atoms with Gasteiger partial charge in [0.2, 0.25) is 0 Å². The van der Waals surface area contributed by atoms with Crippen LogP contribution in [0.2, 0.25) is 5.02 Å². The van der Waals surface area contributed by atoms with Crippen LogP contribution in [0.3, 0.4) is 0 Å². The van der Waals surface area contributed by atoms with Crippen molar-refractivity contribution in [2.45, 2.75) is 25.0 Å². The Bertz CT molecular complexity index is 858. The molecule has 0 bridgehead atoms. The van der Waals surface area contributed by atoms with Crippen LogP contribution >= 0.6 is 27.5 Å². The molecule has 26 heavy (non-hydrogen) atoms. The summed E-state index contributed by atoms with van der Waals surface area (Å²) in [5, 5.41) is 3.92. The number of nitrogens with one attached hydrogen (secondary N) is 1. The Morgan fingerprint density at radius 3 is 2.50 bits per heavy atom. The van der Waals surface area contributed by atoms with Crippen molar-refractivity contribution in [1.82, 2.24) is 10.2 Å². The van der Waals surface area contributed by atoms with Gasteiger partial charge in [0, 0.05) is 47.5 Å². The molecule has 0 radical (unpaired) electrons. The molecule has 4 rings (SSSR count). The number of rotatable bonds is 3. The summed E-state index contributed by atoms with van der Waals surface area (Å²) in [6.45, 7) is 2.58. The Kier molecular flexibility index (Phi) is 4.86. The predicted molar refractivity (Wildman–Crippen MR) is 108 cm³/mol. The number of benzene rings is 2. The maximum absolute atomic E-state index is 12.5. The van der Waals surface area contributed by atoms with E-state index in [0.717, 1.165) is 53.1 Å². The molecule has 1 amide bonds. The van der Waals surface area contributed by atoms with E-state index < -0.39 is 5.66 Å². The number of carbonyl (C=O) groups excluding carboxylic acids is 1. The molecule has 0 aliphatic carbocycles. The third-order valence-corrected chi connectivity index (χ3v) is 5.94. The molecular weight excluding hydrogens is 414 g/mol. The lowest BCUT2D eigenvalue weighted by atomic mass is 9.97. The molecule has 0 unspecified atom stereocenters. The summed E-state index contributed by atoms with van der Waals surface area (Å²) in [6.07, 6.45) is 1.62. The molecule has 0 atom stereocenters. The van der Waals surface area contributed by atoms with Crippen LogP contribution in [0, 0.1) is 0 Å². The Labute approximate surface area is 166 Å². The van der Waals surface area contributed by atoms with Crippen LogP contribution in [0.25, 0.3) is 0 Å². The monoisotopic (exact) mass is 431 g/mol. The fraction of sp³-hybridized carbons (Fsp3) is 0.300. The standard InChI is InChI=1S/C20H19BrClN3O/c21-16-7-5-14(6-8-16)18-19(26)24-20(23-18)9-11-25(12-10-20)13-15-3-1-2-4-17(15)22/h1-8H,9-13H2,(H,24,26). The Morgan fingerprint density at radius 1 is 1.12 bits per heavy atom. The van der Waals surface area contributed by atoms with Gasteiger partial charge in [0.05, 0.1) is 0 Å². The largest absolute Gasteiger partial charge is 0.326 e. The molecule has 1 spiro atoms. The molecule has 2 aliphatic rings. The van der Waals surface area contributed by atoms with Gasteiger partial charge in [-0.1, -0.05) is 57.9 Å².